The molecule has 1 aliphatic heterocycles. The molecule has 0 aromatic carbocycles. The summed E-state index contributed by atoms with van der Waals surface area (Å²) < 4.78 is 0. The Balaban J connectivity index is 2.46. The van der Waals surface area contributed by atoms with Gasteiger partial charge < -0.3 is 10.0 Å². The smallest absolute Gasteiger partial charge is 0.298 e. The van der Waals surface area contributed by atoms with Gasteiger partial charge in [-0.05, 0) is 26.7 Å². The lowest BCUT2D eigenvalue weighted by Crippen LogP contribution is -2.54. The van der Waals surface area contributed by atoms with E-state index in [1.165, 1.54) is 0 Å². The second-order valence-electron chi connectivity index (χ2n) is 4.91. The zero-order valence-corrected chi connectivity index (χ0v) is 10.3. The van der Waals surface area contributed by atoms with E-state index in [9.17, 15) is 4.79 Å². The van der Waals surface area contributed by atoms with E-state index < -0.39 is 0 Å². The SMILES string of the molecule is CC(C)(C)N1CCN(C(=O)C#CCO)CC1. The number of carbonyl (C=O) groups is 1. The van der Waals surface area contributed by atoms with Gasteiger partial charge in [-0.25, -0.2) is 0 Å². The highest BCUT2D eigenvalue weighted by Crippen LogP contribution is 2.15. The van der Waals surface area contributed by atoms with Crippen LogP contribution in [-0.4, -0.2) is 59.1 Å². The number of piperazine rings is 1. The standard InChI is InChI=1S/C12H20N2O2/c1-12(2,3)14-8-6-13(7-9-14)11(16)5-4-10-15/h15H,6-10H2,1-3H3. The van der Waals surface area contributed by atoms with E-state index in [-0.39, 0.29) is 18.1 Å². The third-order valence-corrected chi connectivity index (χ3v) is 2.79. The molecule has 0 aliphatic carbocycles. The predicted octanol–water partition coefficient (Wildman–Crippen LogP) is -0.0752. The van der Waals surface area contributed by atoms with Crippen LogP contribution in [0.3, 0.4) is 0 Å². The minimum absolute atomic E-state index is 0.159. The number of carbonyl (C=O) groups excluding carboxylic acids is 1. The third-order valence-electron chi connectivity index (χ3n) is 2.79. The van der Waals surface area contributed by atoms with Gasteiger partial charge in [-0.1, -0.05) is 5.92 Å². The lowest BCUT2D eigenvalue weighted by atomic mass is 10.1. The molecule has 1 N–H and O–H groups in total. The van der Waals surface area contributed by atoms with Crippen LogP contribution in [0.1, 0.15) is 20.8 Å². The molecule has 1 amide bonds. The minimum atomic E-state index is -0.256. The highest BCUT2D eigenvalue weighted by atomic mass is 16.2. The number of aliphatic hydroxyl groups is 1. The maximum atomic E-state index is 11.5. The number of rotatable bonds is 0. The van der Waals surface area contributed by atoms with Gasteiger partial charge in [0.25, 0.3) is 5.91 Å². The number of hydrogen-bond donors (Lipinski definition) is 1. The summed E-state index contributed by atoms with van der Waals surface area (Å²) in [6.45, 7) is 9.48. The first-order chi connectivity index (χ1) is 7.45. The van der Waals surface area contributed by atoms with Crippen LogP contribution in [0.15, 0.2) is 0 Å². The van der Waals surface area contributed by atoms with Crippen LogP contribution in [0.2, 0.25) is 0 Å². The molecule has 0 unspecified atom stereocenters. The number of hydrogen-bond acceptors (Lipinski definition) is 3. The van der Waals surface area contributed by atoms with Gasteiger partial charge >= 0.3 is 0 Å². The summed E-state index contributed by atoms with van der Waals surface area (Å²) in [6.07, 6.45) is 0. The van der Waals surface area contributed by atoms with Crippen LogP contribution >= 0.6 is 0 Å². The summed E-state index contributed by atoms with van der Waals surface area (Å²) in [5.74, 6) is 4.63. The zero-order chi connectivity index (χ0) is 12.2. The number of nitrogens with zero attached hydrogens (tertiary/aromatic N) is 2. The lowest BCUT2D eigenvalue weighted by molar-refractivity contribution is -0.127. The normalized spacial score (nSPS) is 17.9. The molecular weight excluding hydrogens is 204 g/mol. The summed E-state index contributed by atoms with van der Waals surface area (Å²) in [5, 5.41) is 8.51. The topological polar surface area (TPSA) is 43.8 Å². The molecule has 1 rings (SSSR count). The van der Waals surface area contributed by atoms with Gasteiger partial charge in [0.15, 0.2) is 0 Å². The van der Waals surface area contributed by atoms with Crippen LogP contribution in [0.5, 0.6) is 0 Å². The molecular formula is C12H20N2O2. The Morgan fingerprint density at radius 2 is 1.81 bits per heavy atom. The van der Waals surface area contributed by atoms with Crippen LogP contribution in [0.25, 0.3) is 0 Å². The monoisotopic (exact) mass is 224 g/mol. The fourth-order valence-electron chi connectivity index (χ4n) is 1.77. The van der Waals surface area contributed by atoms with Crippen molar-refractivity contribution >= 4 is 5.91 Å². The van der Waals surface area contributed by atoms with Gasteiger partial charge in [0.05, 0.1) is 0 Å². The highest BCUT2D eigenvalue weighted by molar-refractivity contribution is 5.93. The summed E-state index contributed by atoms with van der Waals surface area (Å²) in [5.41, 5.74) is 0.159. The second kappa shape index (κ2) is 5.33. The average molecular weight is 224 g/mol. The van der Waals surface area contributed by atoms with Gasteiger partial charge in [0, 0.05) is 31.7 Å². The van der Waals surface area contributed by atoms with Crippen molar-refractivity contribution in [3.8, 4) is 11.8 Å². The van der Waals surface area contributed by atoms with Crippen LogP contribution in [0, 0.1) is 11.8 Å². The average Bonchev–Trinajstić information content (AvgIpc) is 2.25. The molecule has 1 saturated heterocycles. The Labute approximate surface area is 97.2 Å². The summed E-state index contributed by atoms with van der Waals surface area (Å²) >= 11 is 0. The van der Waals surface area contributed by atoms with Crippen molar-refractivity contribution in [2.45, 2.75) is 26.3 Å². The molecule has 4 nitrogen and oxygen atoms in total. The molecule has 16 heavy (non-hydrogen) atoms. The first-order valence-corrected chi connectivity index (χ1v) is 5.59. The molecule has 4 heteroatoms. The van der Waals surface area contributed by atoms with Crippen LogP contribution in [-0.2, 0) is 4.79 Å². The van der Waals surface area contributed by atoms with Crippen LogP contribution in [0.4, 0.5) is 0 Å². The molecule has 0 saturated carbocycles. The minimum Gasteiger partial charge on any atom is -0.384 e. The molecule has 0 spiro atoms. The number of amides is 1. The molecule has 0 aromatic rings. The predicted molar refractivity (Wildman–Crippen MR) is 62.8 cm³/mol. The quantitative estimate of drug-likeness (QED) is 0.586. The summed E-state index contributed by atoms with van der Waals surface area (Å²) in [6, 6.07) is 0. The lowest BCUT2D eigenvalue weighted by Gasteiger charge is -2.41. The van der Waals surface area contributed by atoms with Crippen molar-refractivity contribution in [3.05, 3.63) is 0 Å². The maximum absolute atomic E-state index is 11.5. The van der Waals surface area contributed by atoms with E-state index in [0.717, 1.165) is 26.2 Å². The van der Waals surface area contributed by atoms with Crippen molar-refractivity contribution in [2.75, 3.05) is 32.8 Å². The first-order valence-electron chi connectivity index (χ1n) is 5.59. The fourth-order valence-corrected chi connectivity index (χ4v) is 1.77. The largest absolute Gasteiger partial charge is 0.384 e. The van der Waals surface area contributed by atoms with E-state index in [4.69, 9.17) is 5.11 Å². The van der Waals surface area contributed by atoms with E-state index in [0.29, 0.717) is 0 Å². The van der Waals surface area contributed by atoms with E-state index in [1.54, 1.807) is 4.90 Å². The Bertz CT molecular complexity index is 301. The molecule has 0 atom stereocenters. The second-order valence-corrected chi connectivity index (χ2v) is 4.91. The van der Waals surface area contributed by atoms with Gasteiger partial charge in [-0.2, -0.15) is 0 Å². The Morgan fingerprint density at radius 3 is 2.25 bits per heavy atom. The van der Waals surface area contributed by atoms with Crippen molar-refractivity contribution < 1.29 is 9.90 Å². The van der Waals surface area contributed by atoms with Crippen LogP contribution < -0.4 is 0 Å². The van der Waals surface area contributed by atoms with Gasteiger partial charge in [-0.15, -0.1) is 0 Å². The fraction of sp³-hybridized carbons (Fsp3) is 0.750. The molecule has 1 aliphatic rings. The maximum Gasteiger partial charge on any atom is 0.298 e. The summed E-state index contributed by atoms with van der Waals surface area (Å²) in [7, 11) is 0. The Kier molecular flexibility index (Phi) is 4.34. The van der Waals surface area contributed by atoms with E-state index in [2.05, 4.69) is 37.5 Å². The Hall–Kier alpha value is -1.05. The zero-order valence-electron chi connectivity index (χ0n) is 10.3. The van der Waals surface area contributed by atoms with Crippen molar-refractivity contribution in [3.63, 3.8) is 0 Å². The van der Waals surface area contributed by atoms with Crippen molar-refractivity contribution in [1.82, 2.24) is 9.80 Å². The molecule has 0 aromatic heterocycles. The van der Waals surface area contributed by atoms with E-state index in [1.807, 2.05) is 0 Å². The molecule has 1 fully saturated rings. The molecule has 1 heterocycles. The molecule has 0 bridgehead atoms. The third kappa shape index (κ3) is 3.51. The van der Waals surface area contributed by atoms with Gasteiger partial charge in [0.1, 0.15) is 6.61 Å². The highest BCUT2D eigenvalue weighted by Gasteiger charge is 2.27. The van der Waals surface area contributed by atoms with Crippen molar-refractivity contribution in [2.24, 2.45) is 0 Å². The molecule has 90 valence electrons. The number of aliphatic hydroxyl groups excluding tert-OH is 1. The van der Waals surface area contributed by atoms with Gasteiger partial charge in [0.2, 0.25) is 0 Å². The Morgan fingerprint density at radius 1 is 1.25 bits per heavy atom. The summed E-state index contributed by atoms with van der Waals surface area (Å²) in [4.78, 5) is 15.6. The first kappa shape index (κ1) is 13.0. The van der Waals surface area contributed by atoms with Crippen molar-refractivity contribution in [1.29, 1.82) is 0 Å². The van der Waals surface area contributed by atoms with Gasteiger partial charge in [-0.3, -0.25) is 9.69 Å². The molecule has 0 radical (unpaired) electrons. The van der Waals surface area contributed by atoms with E-state index >= 15 is 0 Å².